The number of hydrogen-bond acceptors (Lipinski definition) is 3. The molecule has 0 bridgehead atoms. The first-order chi connectivity index (χ1) is 14.0. The van der Waals surface area contributed by atoms with Crippen LogP contribution in [0.3, 0.4) is 0 Å². The quantitative estimate of drug-likeness (QED) is 0.374. The van der Waals surface area contributed by atoms with Crippen LogP contribution in [-0.4, -0.2) is 44.1 Å². The van der Waals surface area contributed by atoms with Crippen LogP contribution in [0.25, 0.3) is 11.1 Å². The van der Waals surface area contributed by atoms with E-state index in [0.29, 0.717) is 13.0 Å². The van der Waals surface area contributed by atoms with Crippen LogP contribution in [0.5, 0.6) is 0 Å². The van der Waals surface area contributed by atoms with E-state index >= 15 is 0 Å². The molecule has 1 saturated heterocycles. The Bertz CT molecular complexity index is 792. The monoisotopic (exact) mass is 471 g/mol. The summed E-state index contributed by atoms with van der Waals surface area (Å²) in [6.07, 6.45) is 3.61. The van der Waals surface area contributed by atoms with Crippen molar-refractivity contribution in [1.82, 2.24) is 0 Å². The maximum absolute atomic E-state index is 13.0. The molecule has 0 aliphatic carbocycles. The van der Waals surface area contributed by atoms with Gasteiger partial charge in [-0.25, -0.2) is 4.39 Å². The van der Waals surface area contributed by atoms with Gasteiger partial charge < -0.3 is 14.6 Å². The van der Waals surface area contributed by atoms with Crippen LogP contribution < -0.4 is 0 Å². The van der Waals surface area contributed by atoms with Gasteiger partial charge in [0, 0.05) is 13.0 Å². The predicted octanol–water partition coefficient (Wildman–Crippen LogP) is 5.10. The molecule has 0 saturated carbocycles. The molecule has 1 aliphatic rings. The Morgan fingerprint density at radius 2 is 1.76 bits per heavy atom. The fourth-order valence-corrected chi connectivity index (χ4v) is 3.02. The summed E-state index contributed by atoms with van der Waals surface area (Å²) < 4.78 is 24.2. The van der Waals surface area contributed by atoms with Crippen LogP contribution in [0.1, 0.15) is 38.2 Å². The second-order valence-corrected chi connectivity index (χ2v) is 6.88. The molecule has 3 rings (SSSR count). The van der Waals surface area contributed by atoms with Gasteiger partial charge in [0.15, 0.2) is 6.29 Å². The highest BCUT2D eigenvalue weighted by Gasteiger charge is 2.20. The number of ether oxygens (including phenoxy) is 2. The zero-order valence-electron chi connectivity index (χ0n) is 16.7. The minimum Gasteiger partial charge on any atom is -0.374 e. The van der Waals surface area contributed by atoms with Crippen molar-refractivity contribution in [2.75, 3.05) is 13.2 Å². The van der Waals surface area contributed by atoms with Gasteiger partial charge in [-0.2, -0.15) is 0 Å². The van der Waals surface area contributed by atoms with Gasteiger partial charge in [0.1, 0.15) is 11.4 Å². The molecule has 2 aromatic rings. The van der Waals surface area contributed by atoms with Crippen LogP contribution in [0, 0.1) is 17.7 Å². The maximum Gasteiger partial charge on any atom is 1.52 e. The van der Waals surface area contributed by atoms with Gasteiger partial charge in [0.05, 0.1) is 6.61 Å². The lowest BCUT2D eigenvalue weighted by molar-refractivity contribution is -0.161. The average molecular weight is 473 g/mol. The van der Waals surface area contributed by atoms with Crippen LogP contribution in [0.2, 0.25) is 0 Å². The summed E-state index contributed by atoms with van der Waals surface area (Å²) in [6, 6.07) is 13.8. The van der Waals surface area contributed by atoms with Crippen molar-refractivity contribution >= 4 is 32.4 Å². The summed E-state index contributed by atoms with van der Waals surface area (Å²) in [5.41, 5.74) is 1.37. The van der Waals surface area contributed by atoms with Crippen molar-refractivity contribution in [3.05, 3.63) is 59.9 Å². The van der Waals surface area contributed by atoms with Gasteiger partial charge in [0.2, 0.25) is 0 Å². The summed E-state index contributed by atoms with van der Waals surface area (Å²) >= 11 is 4.64. The van der Waals surface area contributed by atoms with Gasteiger partial charge in [0.25, 0.3) is 0 Å². The Balaban J connectivity index is 0.00000145. The lowest BCUT2D eigenvalue weighted by Crippen LogP contribution is -2.22. The third-order valence-corrected chi connectivity index (χ3v) is 4.63. The normalized spacial score (nSPS) is 17.9. The molecule has 29 heavy (non-hydrogen) atoms. The van der Waals surface area contributed by atoms with Gasteiger partial charge in [-0.05, 0) is 55.0 Å². The minimum atomic E-state index is -1.23. The SMILES string of the molecule is CC(O)(C#CCCOC1CCCCO1)c1ccc(-c2ccc(F)cc2)cc1.[Mg+2][Br]. The van der Waals surface area contributed by atoms with Gasteiger partial charge in [-0.3, -0.25) is 0 Å². The number of hydrogen-bond donors (Lipinski definition) is 1. The van der Waals surface area contributed by atoms with Gasteiger partial charge in [-0.15, -0.1) is 0 Å². The average Bonchev–Trinajstić information content (AvgIpc) is 2.76. The molecular formula is C23H25BrFMgO3+2. The highest BCUT2D eigenvalue weighted by molar-refractivity contribution is 9.22. The second kappa shape index (κ2) is 12.7. The van der Waals surface area contributed by atoms with Gasteiger partial charge in [-0.1, -0.05) is 48.2 Å². The first-order valence-corrected chi connectivity index (χ1v) is 13.5. The van der Waals surface area contributed by atoms with Crippen molar-refractivity contribution in [3.8, 4) is 23.0 Å². The first kappa shape index (κ1) is 24.3. The van der Waals surface area contributed by atoms with E-state index in [1.165, 1.54) is 12.1 Å². The number of aliphatic hydroxyl groups is 1. The second-order valence-electron chi connectivity index (χ2n) is 6.88. The van der Waals surface area contributed by atoms with E-state index in [-0.39, 0.29) is 12.1 Å². The highest BCUT2D eigenvalue weighted by Crippen LogP contribution is 2.25. The largest absolute Gasteiger partial charge is 1.52 e. The van der Waals surface area contributed by atoms with E-state index < -0.39 is 5.60 Å². The predicted molar refractivity (Wildman–Crippen MR) is 118 cm³/mol. The molecule has 149 valence electrons. The smallest absolute Gasteiger partial charge is 0.374 e. The van der Waals surface area contributed by atoms with E-state index in [9.17, 15) is 9.50 Å². The summed E-state index contributed by atoms with van der Waals surface area (Å²) in [5, 5.41) is 10.6. The molecule has 2 unspecified atom stereocenters. The summed E-state index contributed by atoms with van der Waals surface area (Å²) in [4.78, 5) is 0. The van der Waals surface area contributed by atoms with Crippen molar-refractivity contribution in [2.45, 2.75) is 44.5 Å². The Morgan fingerprint density at radius 3 is 2.34 bits per heavy atom. The summed E-state index contributed by atoms with van der Waals surface area (Å²) in [6.45, 7) is 2.94. The molecule has 0 aromatic heterocycles. The lowest BCUT2D eigenvalue weighted by Gasteiger charge is -2.22. The van der Waals surface area contributed by atoms with Gasteiger partial charge >= 0.3 is 32.4 Å². The summed E-state index contributed by atoms with van der Waals surface area (Å²) in [5.74, 6) is 5.65. The van der Waals surface area contributed by atoms with E-state index in [2.05, 4.69) is 24.7 Å². The van der Waals surface area contributed by atoms with E-state index in [1.54, 1.807) is 38.6 Å². The van der Waals surface area contributed by atoms with Crippen molar-refractivity contribution < 1.29 is 19.0 Å². The third-order valence-electron chi connectivity index (χ3n) is 4.63. The molecule has 2 aromatic carbocycles. The number of rotatable bonds is 5. The number of halogens is 2. The molecule has 6 heteroatoms. The number of benzene rings is 2. The fourth-order valence-electron chi connectivity index (χ4n) is 3.02. The maximum atomic E-state index is 13.0. The Morgan fingerprint density at radius 1 is 1.14 bits per heavy atom. The van der Waals surface area contributed by atoms with E-state index in [1.807, 2.05) is 24.3 Å². The van der Waals surface area contributed by atoms with Crippen molar-refractivity contribution in [3.63, 3.8) is 0 Å². The Labute approximate surface area is 191 Å². The molecule has 3 nitrogen and oxygen atoms in total. The molecule has 1 heterocycles. The molecular weight excluding hydrogens is 447 g/mol. The van der Waals surface area contributed by atoms with Crippen LogP contribution in [0.15, 0.2) is 48.5 Å². The van der Waals surface area contributed by atoms with E-state index in [4.69, 9.17) is 9.47 Å². The Kier molecular flexibility index (Phi) is 10.6. The topological polar surface area (TPSA) is 38.7 Å². The zero-order chi connectivity index (χ0) is 21.1. The molecule has 1 aliphatic heterocycles. The van der Waals surface area contributed by atoms with E-state index in [0.717, 1.165) is 42.6 Å². The zero-order valence-corrected chi connectivity index (χ0v) is 19.7. The lowest BCUT2D eigenvalue weighted by atomic mass is 9.94. The fraction of sp³-hybridized carbons (Fsp3) is 0.391. The van der Waals surface area contributed by atoms with Crippen LogP contribution in [0.4, 0.5) is 4.39 Å². The molecule has 1 N–H and O–H groups in total. The van der Waals surface area contributed by atoms with Crippen LogP contribution >= 0.6 is 12.9 Å². The van der Waals surface area contributed by atoms with Crippen molar-refractivity contribution in [1.29, 1.82) is 0 Å². The molecule has 7 radical (unpaired) electrons. The third kappa shape index (κ3) is 8.01. The standard InChI is InChI=1S/C23H25FO3.BrH.Mg/c1-23(25,15-3-5-17-27-22-6-2-4-16-26-22)20-11-7-18(8-12-20)19-9-13-21(24)14-10-19;;/h7-14,22,25H,2,4-6,16-17H2,1H3;1H;/q;;+3/p-1. The highest BCUT2D eigenvalue weighted by atomic mass is 79.9. The first-order valence-electron chi connectivity index (χ1n) is 9.63. The minimum absolute atomic E-state index is 0.111. The summed E-state index contributed by atoms with van der Waals surface area (Å²) in [7, 11) is 0. The van der Waals surface area contributed by atoms with Crippen molar-refractivity contribution in [2.24, 2.45) is 0 Å². The molecule has 1 fully saturated rings. The molecule has 2 atom stereocenters. The molecule has 0 spiro atoms. The van der Waals surface area contributed by atoms with Crippen LogP contribution in [-0.2, 0) is 15.1 Å². The Hall–Kier alpha value is -0.944. The molecule has 0 amide bonds.